The lowest BCUT2D eigenvalue weighted by Crippen LogP contribution is -2.05. The Bertz CT molecular complexity index is 1080. The van der Waals surface area contributed by atoms with Crippen molar-refractivity contribution in [2.75, 3.05) is 0 Å². The molecule has 0 spiro atoms. The highest BCUT2D eigenvalue weighted by atomic mass is 19.4. The second kappa shape index (κ2) is 7.47. The summed E-state index contributed by atoms with van der Waals surface area (Å²) in [4.78, 5) is 3.90. The molecule has 0 unspecified atom stereocenters. The van der Waals surface area contributed by atoms with Crippen LogP contribution >= 0.6 is 0 Å². The molecule has 0 saturated heterocycles. The standard InChI is InChI=1S/C20H10F6N2O/c21-19(22,23)15-4-1-3-12(8-15)14-7-13(10-27)18(28-11-14)29-17-6-2-5-16(9-17)20(24,25)26/h1-9,11H. The summed E-state index contributed by atoms with van der Waals surface area (Å²) in [6.45, 7) is 0. The van der Waals surface area contributed by atoms with Gasteiger partial charge < -0.3 is 4.74 Å². The van der Waals surface area contributed by atoms with Crippen molar-refractivity contribution in [1.82, 2.24) is 4.98 Å². The molecule has 29 heavy (non-hydrogen) atoms. The third-order valence-corrected chi connectivity index (χ3v) is 3.87. The van der Waals surface area contributed by atoms with Gasteiger partial charge in [0, 0.05) is 11.8 Å². The first-order valence-corrected chi connectivity index (χ1v) is 8.01. The summed E-state index contributed by atoms with van der Waals surface area (Å²) >= 11 is 0. The maximum Gasteiger partial charge on any atom is 0.416 e. The highest BCUT2D eigenvalue weighted by Crippen LogP contribution is 2.35. The second-order valence-corrected chi connectivity index (χ2v) is 5.89. The second-order valence-electron chi connectivity index (χ2n) is 5.89. The van der Waals surface area contributed by atoms with Gasteiger partial charge in [-0.15, -0.1) is 0 Å². The average molecular weight is 408 g/mol. The molecule has 3 aromatic rings. The van der Waals surface area contributed by atoms with E-state index in [1.807, 2.05) is 0 Å². The predicted octanol–water partition coefficient (Wildman–Crippen LogP) is 6.45. The average Bonchev–Trinajstić information content (AvgIpc) is 2.67. The van der Waals surface area contributed by atoms with E-state index in [0.29, 0.717) is 0 Å². The minimum atomic E-state index is -4.57. The Labute approximate surface area is 160 Å². The van der Waals surface area contributed by atoms with Crippen molar-refractivity contribution in [2.45, 2.75) is 12.4 Å². The molecule has 0 saturated carbocycles. The van der Waals surface area contributed by atoms with Gasteiger partial charge in [-0.2, -0.15) is 31.6 Å². The molecule has 9 heteroatoms. The minimum Gasteiger partial charge on any atom is -0.438 e. The molecule has 0 aliphatic heterocycles. The minimum absolute atomic E-state index is 0.141. The van der Waals surface area contributed by atoms with Crippen LogP contribution in [-0.2, 0) is 12.4 Å². The van der Waals surface area contributed by atoms with Gasteiger partial charge in [0.25, 0.3) is 0 Å². The van der Waals surface area contributed by atoms with E-state index in [-0.39, 0.29) is 28.3 Å². The zero-order valence-electron chi connectivity index (χ0n) is 14.3. The number of benzene rings is 2. The molecule has 148 valence electrons. The number of aromatic nitrogens is 1. The summed E-state index contributed by atoms with van der Waals surface area (Å²) in [5.74, 6) is -0.446. The maximum atomic E-state index is 12.9. The van der Waals surface area contributed by atoms with Crippen LogP contribution in [0.4, 0.5) is 26.3 Å². The zero-order valence-corrected chi connectivity index (χ0v) is 14.3. The highest BCUT2D eigenvalue weighted by Gasteiger charge is 2.31. The van der Waals surface area contributed by atoms with Gasteiger partial charge in [0.1, 0.15) is 17.4 Å². The van der Waals surface area contributed by atoms with Crippen molar-refractivity contribution in [3.05, 3.63) is 77.5 Å². The van der Waals surface area contributed by atoms with Gasteiger partial charge in [-0.05, 0) is 42.0 Å². The van der Waals surface area contributed by atoms with Crippen LogP contribution in [0.25, 0.3) is 11.1 Å². The van der Waals surface area contributed by atoms with Crippen molar-refractivity contribution in [3.8, 4) is 28.8 Å². The lowest BCUT2D eigenvalue weighted by Gasteiger charge is -2.12. The van der Waals surface area contributed by atoms with E-state index in [1.54, 1.807) is 6.07 Å². The van der Waals surface area contributed by atoms with E-state index in [1.165, 1.54) is 30.5 Å². The number of nitriles is 1. The fraction of sp³-hybridized carbons (Fsp3) is 0.100. The van der Waals surface area contributed by atoms with Gasteiger partial charge in [0.2, 0.25) is 5.88 Å². The van der Waals surface area contributed by atoms with E-state index < -0.39 is 23.5 Å². The molecular weight excluding hydrogens is 398 g/mol. The SMILES string of the molecule is N#Cc1cc(-c2cccc(C(F)(F)F)c2)cnc1Oc1cccc(C(F)(F)F)c1. The van der Waals surface area contributed by atoms with Crippen molar-refractivity contribution >= 4 is 0 Å². The summed E-state index contributed by atoms with van der Waals surface area (Å²) in [5.41, 5.74) is -1.54. The van der Waals surface area contributed by atoms with Gasteiger partial charge in [-0.3, -0.25) is 0 Å². The highest BCUT2D eigenvalue weighted by molar-refractivity contribution is 5.66. The van der Waals surface area contributed by atoms with Gasteiger partial charge in [-0.25, -0.2) is 4.98 Å². The monoisotopic (exact) mass is 408 g/mol. The molecule has 0 fully saturated rings. The normalized spacial score (nSPS) is 11.8. The summed E-state index contributed by atoms with van der Waals surface area (Å²) < 4.78 is 82.4. The van der Waals surface area contributed by atoms with Crippen LogP contribution < -0.4 is 4.74 Å². The molecule has 3 rings (SSSR count). The molecule has 0 radical (unpaired) electrons. The van der Waals surface area contributed by atoms with Gasteiger partial charge in [0.15, 0.2) is 0 Å². The van der Waals surface area contributed by atoms with Crippen LogP contribution in [0.1, 0.15) is 16.7 Å². The van der Waals surface area contributed by atoms with E-state index in [4.69, 9.17) is 4.74 Å². The lowest BCUT2D eigenvalue weighted by molar-refractivity contribution is -0.138. The smallest absolute Gasteiger partial charge is 0.416 e. The Balaban J connectivity index is 1.94. The van der Waals surface area contributed by atoms with Crippen molar-refractivity contribution in [3.63, 3.8) is 0 Å². The Morgan fingerprint density at radius 3 is 2.03 bits per heavy atom. The van der Waals surface area contributed by atoms with Crippen LogP contribution in [0.2, 0.25) is 0 Å². The van der Waals surface area contributed by atoms with Crippen molar-refractivity contribution < 1.29 is 31.1 Å². The Kier molecular flexibility index (Phi) is 5.20. The molecule has 2 aromatic carbocycles. The number of nitrogens with zero attached hydrogens (tertiary/aromatic N) is 2. The summed E-state index contributed by atoms with van der Waals surface area (Å²) in [6, 6.07) is 11.5. The Morgan fingerprint density at radius 1 is 0.793 bits per heavy atom. The number of pyridine rings is 1. The molecule has 3 nitrogen and oxygen atoms in total. The van der Waals surface area contributed by atoms with Crippen molar-refractivity contribution in [1.29, 1.82) is 5.26 Å². The maximum absolute atomic E-state index is 12.9. The number of ether oxygens (including phenoxy) is 1. The molecule has 0 bridgehead atoms. The number of hydrogen-bond donors (Lipinski definition) is 0. The largest absolute Gasteiger partial charge is 0.438 e. The van der Waals surface area contributed by atoms with Crippen LogP contribution in [0.5, 0.6) is 11.6 Å². The van der Waals surface area contributed by atoms with Crippen molar-refractivity contribution in [2.24, 2.45) is 0 Å². The Morgan fingerprint density at radius 2 is 1.41 bits per heavy atom. The van der Waals surface area contributed by atoms with E-state index in [0.717, 1.165) is 30.3 Å². The van der Waals surface area contributed by atoms with Crippen LogP contribution in [0.15, 0.2) is 60.8 Å². The molecule has 0 N–H and O–H groups in total. The van der Waals surface area contributed by atoms with Gasteiger partial charge in [-0.1, -0.05) is 18.2 Å². The third-order valence-electron chi connectivity index (χ3n) is 3.87. The number of halogens is 6. The molecule has 1 aromatic heterocycles. The molecule has 0 aliphatic rings. The van der Waals surface area contributed by atoms with Gasteiger partial charge >= 0.3 is 12.4 Å². The first kappa shape index (κ1) is 20.2. The zero-order chi connectivity index (χ0) is 21.2. The number of alkyl halides is 6. The third kappa shape index (κ3) is 4.66. The summed E-state index contributed by atoms with van der Waals surface area (Å²) in [6.07, 6.45) is -7.93. The number of rotatable bonds is 3. The molecule has 0 atom stereocenters. The predicted molar refractivity (Wildman–Crippen MR) is 90.9 cm³/mol. The molecule has 0 amide bonds. The van der Waals surface area contributed by atoms with E-state index >= 15 is 0 Å². The van der Waals surface area contributed by atoms with Crippen LogP contribution in [0, 0.1) is 11.3 Å². The fourth-order valence-corrected chi connectivity index (χ4v) is 2.49. The number of hydrogen-bond acceptors (Lipinski definition) is 3. The summed E-state index contributed by atoms with van der Waals surface area (Å²) in [7, 11) is 0. The van der Waals surface area contributed by atoms with Crippen LogP contribution in [-0.4, -0.2) is 4.98 Å². The van der Waals surface area contributed by atoms with Crippen LogP contribution in [0.3, 0.4) is 0 Å². The van der Waals surface area contributed by atoms with E-state index in [9.17, 15) is 31.6 Å². The molecule has 1 heterocycles. The fourth-order valence-electron chi connectivity index (χ4n) is 2.49. The first-order chi connectivity index (χ1) is 13.6. The van der Waals surface area contributed by atoms with Gasteiger partial charge in [0.05, 0.1) is 11.1 Å². The quantitative estimate of drug-likeness (QED) is 0.468. The molecule has 0 aliphatic carbocycles. The molecular formula is C20H10F6N2O. The topological polar surface area (TPSA) is 45.9 Å². The first-order valence-electron chi connectivity index (χ1n) is 8.01. The summed E-state index contributed by atoms with van der Waals surface area (Å²) in [5, 5.41) is 9.31. The van der Waals surface area contributed by atoms with E-state index in [2.05, 4.69) is 4.98 Å². The Hall–Kier alpha value is -3.54. The lowest BCUT2D eigenvalue weighted by atomic mass is 10.0.